The zero-order chi connectivity index (χ0) is 26.1. The van der Waals surface area contributed by atoms with Crippen LogP contribution in [0.15, 0.2) is 72.9 Å². The lowest BCUT2D eigenvalue weighted by Gasteiger charge is -2.22. The van der Waals surface area contributed by atoms with E-state index < -0.39 is 5.97 Å². The van der Waals surface area contributed by atoms with Gasteiger partial charge in [0.2, 0.25) is 0 Å². The number of hydrogen-bond acceptors (Lipinski definition) is 5. The van der Waals surface area contributed by atoms with Gasteiger partial charge in [-0.05, 0) is 53.6 Å². The number of anilines is 1. The van der Waals surface area contributed by atoms with Crippen LogP contribution in [0, 0.1) is 0 Å². The van der Waals surface area contributed by atoms with E-state index in [1.54, 1.807) is 12.3 Å². The van der Waals surface area contributed by atoms with Crippen LogP contribution in [0.3, 0.4) is 0 Å². The molecular weight excluding hydrogens is 476 g/mol. The smallest absolute Gasteiger partial charge is 0.307 e. The molecule has 0 amide bonds. The third kappa shape index (κ3) is 4.56. The van der Waals surface area contributed by atoms with Gasteiger partial charge in [-0.15, -0.1) is 0 Å². The number of aliphatic carboxylic acids is 1. The molecule has 5 aromatic rings. The second-order valence-corrected chi connectivity index (χ2v) is 9.98. The summed E-state index contributed by atoms with van der Waals surface area (Å²) in [6.07, 6.45) is 7.60. The van der Waals surface area contributed by atoms with E-state index in [0.29, 0.717) is 23.2 Å². The molecule has 3 N–H and O–H groups in total. The number of carboxylic acid groups (broad SMARTS) is 1. The van der Waals surface area contributed by atoms with E-state index in [0.717, 1.165) is 51.3 Å². The highest BCUT2D eigenvalue weighted by atomic mass is 16.5. The fraction of sp³-hybridized carbons (Fsp3) is 0.258. The summed E-state index contributed by atoms with van der Waals surface area (Å²) in [5, 5.41) is 17.4. The van der Waals surface area contributed by atoms with Crippen molar-refractivity contribution in [3.8, 4) is 16.9 Å². The Bertz CT molecular complexity index is 1640. The fourth-order valence-electron chi connectivity index (χ4n) is 5.66. The number of para-hydroxylation sites is 1. The molecule has 1 aliphatic carbocycles. The number of nitrogens with two attached hydrogens (primary N) is 1. The Hall–Kier alpha value is -4.39. The van der Waals surface area contributed by atoms with Gasteiger partial charge in [0.15, 0.2) is 0 Å². The van der Waals surface area contributed by atoms with Crippen LogP contribution in [0.1, 0.15) is 49.4 Å². The lowest BCUT2D eigenvalue weighted by atomic mass is 9.95. The van der Waals surface area contributed by atoms with Gasteiger partial charge < -0.3 is 15.6 Å². The molecule has 0 bridgehead atoms. The summed E-state index contributed by atoms with van der Waals surface area (Å²) in [7, 11) is 0. The molecular formula is C31H30N4O3. The standard InChI is InChI=1S/C31H30N4O3/c32-31-25-11-6-10-23(24(25)15-16-33-31)20-13-14-28-26(17-20)27(34-35(28)22-8-2-1-3-9-22)19-38-29-12-5-4-7-21(29)18-30(36)37/h4-7,10-17,22H,1-3,8-9,18-19H2,(H2,32,33)(H,36,37). The minimum Gasteiger partial charge on any atom is -0.487 e. The zero-order valence-electron chi connectivity index (χ0n) is 21.1. The van der Waals surface area contributed by atoms with Crippen molar-refractivity contribution in [2.75, 3.05) is 5.73 Å². The van der Waals surface area contributed by atoms with Crippen LogP contribution < -0.4 is 10.5 Å². The Morgan fingerprint density at radius 1 is 0.974 bits per heavy atom. The fourth-order valence-corrected chi connectivity index (χ4v) is 5.66. The number of hydrogen-bond donors (Lipinski definition) is 2. The first-order chi connectivity index (χ1) is 18.6. The van der Waals surface area contributed by atoms with Gasteiger partial charge in [-0.3, -0.25) is 9.48 Å². The predicted molar refractivity (Wildman–Crippen MR) is 149 cm³/mol. The molecule has 0 atom stereocenters. The van der Waals surface area contributed by atoms with Crippen molar-refractivity contribution in [2.45, 2.75) is 51.2 Å². The number of nitrogen functional groups attached to an aromatic ring is 1. The summed E-state index contributed by atoms with van der Waals surface area (Å²) in [5.74, 6) is 0.205. The van der Waals surface area contributed by atoms with Gasteiger partial charge in [0, 0.05) is 22.5 Å². The summed E-state index contributed by atoms with van der Waals surface area (Å²) < 4.78 is 8.39. The van der Waals surface area contributed by atoms with Gasteiger partial charge >= 0.3 is 5.97 Å². The molecule has 7 heteroatoms. The summed E-state index contributed by atoms with van der Waals surface area (Å²) >= 11 is 0. The van der Waals surface area contributed by atoms with Crippen LogP contribution in [0.2, 0.25) is 0 Å². The highest BCUT2D eigenvalue weighted by Crippen LogP contribution is 2.36. The van der Waals surface area contributed by atoms with Crippen molar-refractivity contribution in [3.63, 3.8) is 0 Å². The molecule has 0 saturated heterocycles. The first-order valence-corrected chi connectivity index (χ1v) is 13.2. The minimum atomic E-state index is -0.886. The SMILES string of the molecule is Nc1nccc2c(-c3ccc4c(c3)c(COc3ccccc3CC(=O)O)nn4C3CCCCC3)cccc12. The number of rotatable bonds is 7. The maximum absolute atomic E-state index is 11.4. The monoisotopic (exact) mass is 506 g/mol. The largest absolute Gasteiger partial charge is 0.487 e. The van der Waals surface area contributed by atoms with Gasteiger partial charge in [-0.25, -0.2) is 4.98 Å². The minimum absolute atomic E-state index is 0.0867. The van der Waals surface area contributed by atoms with E-state index in [1.807, 2.05) is 36.4 Å². The third-order valence-corrected chi connectivity index (χ3v) is 7.53. The summed E-state index contributed by atoms with van der Waals surface area (Å²) in [6, 6.07) is 22.3. The highest BCUT2D eigenvalue weighted by Gasteiger charge is 2.22. The van der Waals surface area contributed by atoms with E-state index in [4.69, 9.17) is 15.6 Å². The number of nitrogens with zero attached hydrogens (tertiary/aromatic N) is 3. The van der Waals surface area contributed by atoms with E-state index >= 15 is 0 Å². The van der Waals surface area contributed by atoms with Gasteiger partial charge in [0.1, 0.15) is 23.9 Å². The van der Waals surface area contributed by atoms with Crippen LogP contribution in [0.5, 0.6) is 5.75 Å². The second-order valence-electron chi connectivity index (χ2n) is 9.98. The Morgan fingerprint density at radius 2 is 1.82 bits per heavy atom. The normalized spacial score (nSPS) is 14.2. The first-order valence-electron chi connectivity index (χ1n) is 13.2. The number of ether oxygens (including phenoxy) is 1. The van der Waals surface area contributed by atoms with Crippen LogP contribution >= 0.6 is 0 Å². The molecule has 0 unspecified atom stereocenters. The average Bonchev–Trinajstić information content (AvgIpc) is 3.30. The van der Waals surface area contributed by atoms with E-state index in [2.05, 4.69) is 33.9 Å². The van der Waals surface area contributed by atoms with E-state index in [1.165, 1.54) is 19.3 Å². The molecule has 2 heterocycles. The number of fused-ring (bicyclic) bond motifs is 2. The van der Waals surface area contributed by atoms with Crippen LogP contribution in [0.25, 0.3) is 32.8 Å². The van der Waals surface area contributed by atoms with Gasteiger partial charge in [0.05, 0.1) is 18.0 Å². The maximum atomic E-state index is 11.4. The molecule has 192 valence electrons. The van der Waals surface area contributed by atoms with Crippen LogP contribution in [-0.4, -0.2) is 25.8 Å². The lowest BCUT2D eigenvalue weighted by molar-refractivity contribution is -0.136. The van der Waals surface area contributed by atoms with E-state index in [9.17, 15) is 9.90 Å². The molecule has 1 saturated carbocycles. The quantitative estimate of drug-likeness (QED) is 0.260. The topological polar surface area (TPSA) is 103 Å². The Morgan fingerprint density at radius 3 is 2.66 bits per heavy atom. The van der Waals surface area contributed by atoms with Crippen molar-refractivity contribution >= 4 is 33.5 Å². The molecule has 1 aliphatic rings. The number of carboxylic acids is 1. The van der Waals surface area contributed by atoms with Crippen molar-refractivity contribution in [3.05, 3.63) is 84.2 Å². The van der Waals surface area contributed by atoms with Gasteiger partial charge in [-0.1, -0.05) is 61.7 Å². The van der Waals surface area contributed by atoms with Crippen LogP contribution in [-0.2, 0) is 17.8 Å². The molecule has 7 nitrogen and oxygen atoms in total. The summed E-state index contributed by atoms with van der Waals surface area (Å²) in [6.45, 7) is 0.253. The first kappa shape index (κ1) is 24.0. The molecule has 0 spiro atoms. The molecule has 1 fully saturated rings. The molecule has 0 radical (unpaired) electrons. The molecule has 3 aromatic carbocycles. The molecule has 38 heavy (non-hydrogen) atoms. The summed E-state index contributed by atoms with van der Waals surface area (Å²) in [5.41, 5.74) is 10.9. The van der Waals surface area contributed by atoms with Crippen molar-refractivity contribution < 1.29 is 14.6 Å². The Labute approximate surface area is 220 Å². The Kier molecular flexibility index (Phi) is 6.42. The Balaban J connectivity index is 1.43. The maximum Gasteiger partial charge on any atom is 0.307 e. The zero-order valence-corrected chi connectivity index (χ0v) is 21.1. The highest BCUT2D eigenvalue weighted by molar-refractivity contribution is 6.02. The number of pyridine rings is 1. The lowest BCUT2D eigenvalue weighted by Crippen LogP contribution is -2.14. The van der Waals surface area contributed by atoms with Crippen molar-refractivity contribution in [1.82, 2.24) is 14.8 Å². The summed E-state index contributed by atoms with van der Waals surface area (Å²) in [4.78, 5) is 15.6. The van der Waals surface area contributed by atoms with Crippen molar-refractivity contribution in [2.24, 2.45) is 0 Å². The van der Waals surface area contributed by atoms with Gasteiger partial charge in [-0.2, -0.15) is 5.10 Å². The molecule has 2 aromatic heterocycles. The van der Waals surface area contributed by atoms with Crippen molar-refractivity contribution in [1.29, 1.82) is 0 Å². The number of aromatic nitrogens is 3. The molecule has 0 aliphatic heterocycles. The third-order valence-electron chi connectivity index (χ3n) is 7.53. The molecule has 6 rings (SSSR count). The van der Waals surface area contributed by atoms with Crippen LogP contribution in [0.4, 0.5) is 5.82 Å². The van der Waals surface area contributed by atoms with Gasteiger partial charge in [0.25, 0.3) is 0 Å². The average molecular weight is 507 g/mol. The second kappa shape index (κ2) is 10.2. The predicted octanol–water partition coefficient (Wildman–Crippen LogP) is 6.55. The number of carbonyl (C=O) groups is 1. The van der Waals surface area contributed by atoms with E-state index in [-0.39, 0.29) is 13.0 Å². The number of benzene rings is 3.